The molecule has 0 aliphatic heterocycles. The number of carbonyl (C=O) groups excluding carboxylic acids is 1. The number of amides is 1. The highest BCUT2D eigenvalue weighted by Gasteiger charge is 2.18. The van der Waals surface area contributed by atoms with E-state index in [1.165, 1.54) is 44.6 Å². The number of ether oxygens (including phenoxy) is 3. The maximum Gasteiger partial charge on any atom is 0.321 e. The Labute approximate surface area is 218 Å². The van der Waals surface area contributed by atoms with E-state index in [4.69, 9.17) is 14.2 Å². The zero-order chi connectivity index (χ0) is 26.5. The molecule has 192 valence electrons. The number of hydrogen-bond acceptors (Lipinski definition) is 8. The first kappa shape index (κ1) is 27.2. The Balaban J connectivity index is 1.66. The zero-order valence-electron chi connectivity index (χ0n) is 20.5. The number of rotatable bonds is 10. The second-order valence-electron chi connectivity index (χ2n) is 8.04. The quantitative estimate of drug-likeness (QED) is 0.359. The van der Waals surface area contributed by atoms with Gasteiger partial charge in [0.05, 0.1) is 19.1 Å². The molecule has 0 saturated heterocycles. The Morgan fingerprint density at radius 2 is 1.75 bits per heavy atom. The molecule has 0 saturated carbocycles. The predicted molar refractivity (Wildman–Crippen MR) is 139 cm³/mol. The van der Waals surface area contributed by atoms with Crippen molar-refractivity contribution in [3.8, 4) is 17.6 Å². The van der Waals surface area contributed by atoms with Gasteiger partial charge in [-0.25, -0.2) is 8.42 Å². The molecule has 2 aromatic carbocycles. The molecule has 1 heterocycles. The highest BCUT2D eigenvalue weighted by Crippen LogP contribution is 2.32. The first-order valence-corrected chi connectivity index (χ1v) is 13.1. The van der Waals surface area contributed by atoms with Gasteiger partial charge in [0, 0.05) is 16.2 Å². The van der Waals surface area contributed by atoms with Crippen LogP contribution in [-0.2, 0) is 14.8 Å². The van der Waals surface area contributed by atoms with E-state index in [1.807, 2.05) is 32.9 Å². The van der Waals surface area contributed by atoms with Gasteiger partial charge in [0.1, 0.15) is 5.75 Å². The number of hydrogen-bond donors (Lipinski definition) is 2. The van der Waals surface area contributed by atoms with Gasteiger partial charge in [-0.1, -0.05) is 29.8 Å². The van der Waals surface area contributed by atoms with E-state index in [-0.39, 0.29) is 41.0 Å². The van der Waals surface area contributed by atoms with Crippen LogP contribution >= 0.6 is 15.9 Å². The van der Waals surface area contributed by atoms with Crippen LogP contribution in [-0.4, -0.2) is 45.1 Å². The van der Waals surface area contributed by atoms with Gasteiger partial charge >= 0.3 is 6.01 Å². The number of carbonyl (C=O) groups is 1. The first-order valence-electron chi connectivity index (χ1n) is 10.8. The van der Waals surface area contributed by atoms with E-state index in [0.29, 0.717) is 11.4 Å². The molecule has 36 heavy (non-hydrogen) atoms. The molecule has 3 rings (SSSR count). The minimum atomic E-state index is -3.97. The fourth-order valence-corrected chi connectivity index (χ4v) is 4.51. The van der Waals surface area contributed by atoms with E-state index in [2.05, 4.69) is 35.9 Å². The van der Waals surface area contributed by atoms with Crippen LogP contribution in [0.4, 0.5) is 11.5 Å². The molecule has 0 aliphatic rings. The molecule has 3 aromatic rings. The second-order valence-corrected chi connectivity index (χ2v) is 10.6. The lowest BCUT2D eigenvalue weighted by atomic mass is 10.0. The summed E-state index contributed by atoms with van der Waals surface area (Å²) in [5.74, 6) is 0.605. The molecule has 10 nitrogen and oxygen atoms in total. The summed E-state index contributed by atoms with van der Waals surface area (Å²) in [6.45, 7) is 5.85. The molecular formula is C24H27BrN4O6S. The summed E-state index contributed by atoms with van der Waals surface area (Å²) in [5, 5.41) is 2.70. The van der Waals surface area contributed by atoms with E-state index in [9.17, 15) is 13.2 Å². The maximum atomic E-state index is 12.8. The molecule has 0 aliphatic carbocycles. The molecule has 0 atom stereocenters. The number of nitrogens with zero attached hydrogens (tertiary/aromatic N) is 2. The average molecular weight is 579 g/mol. The molecule has 0 fully saturated rings. The largest absolute Gasteiger partial charge is 0.483 e. The van der Waals surface area contributed by atoms with Crippen LogP contribution in [0.1, 0.15) is 30.9 Å². The zero-order valence-corrected chi connectivity index (χ0v) is 22.9. The Morgan fingerprint density at radius 1 is 1.06 bits per heavy atom. The first-order chi connectivity index (χ1) is 17.0. The summed E-state index contributed by atoms with van der Waals surface area (Å²) >= 11 is 3.52. The highest BCUT2D eigenvalue weighted by atomic mass is 79.9. The number of aryl methyl sites for hydroxylation is 1. The number of sulfonamides is 1. The summed E-state index contributed by atoms with van der Waals surface area (Å²) in [4.78, 5) is 20.3. The summed E-state index contributed by atoms with van der Waals surface area (Å²) in [6.07, 6.45) is 0. The molecule has 1 aromatic heterocycles. The number of nitrogens with one attached hydrogen (secondary N) is 2. The predicted octanol–water partition coefficient (Wildman–Crippen LogP) is 4.51. The highest BCUT2D eigenvalue weighted by molar-refractivity contribution is 9.10. The molecule has 0 spiro atoms. The number of anilines is 2. The monoisotopic (exact) mass is 578 g/mol. The van der Waals surface area contributed by atoms with Crippen LogP contribution < -0.4 is 24.2 Å². The van der Waals surface area contributed by atoms with Crippen LogP contribution in [0.3, 0.4) is 0 Å². The van der Waals surface area contributed by atoms with Gasteiger partial charge in [0.15, 0.2) is 12.4 Å². The summed E-state index contributed by atoms with van der Waals surface area (Å²) in [6, 6.07) is 10.9. The van der Waals surface area contributed by atoms with E-state index >= 15 is 0 Å². The molecule has 2 N–H and O–H groups in total. The van der Waals surface area contributed by atoms with Crippen molar-refractivity contribution >= 4 is 43.4 Å². The van der Waals surface area contributed by atoms with Crippen molar-refractivity contribution in [2.45, 2.75) is 31.6 Å². The minimum Gasteiger partial charge on any atom is -0.483 e. The molecular weight excluding hydrogens is 552 g/mol. The van der Waals surface area contributed by atoms with Crippen molar-refractivity contribution in [2.75, 3.05) is 30.9 Å². The van der Waals surface area contributed by atoms with Crippen molar-refractivity contribution < 1.29 is 27.4 Å². The Kier molecular flexibility index (Phi) is 8.75. The third-order valence-electron chi connectivity index (χ3n) is 5.03. The Morgan fingerprint density at radius 3 is 2.36 bits per heavy atom. The molecule has 0 radical (unpaired) electrons. The normalized spacial score (nSPS) is 11.2. The lowest BCUT2D eigenvalue weighted by Crippen LogP contribution is -2.21. The number of benzene rings is 2. The van der Waals surface area contributed by atoms with Gasteiger partial charge in [0.2, 0.25) is 5.88 Å². The van der Waals surface area contributed by atoms with Gasteiger partial charge in [-0.15, -0.1) is 0 Å². The van der Waals surface area contributed by atoms with Gasteiger partial charge in [-0.3, -0.25) is 9.52 Å². The van der Waals surface area contributed by atoms with E-state index < -0.39 is 10.0 Å². The fraction of sp³-hybridized carbons (Fsp3) is 0.292. The lowest BCUT2D eigenvalue weighted by Gasteiger charge is -2.16. The third kappa shape index (κ3) is 6.85. The smallest absolute Gasteiger partial charge is 0.321 e. The number of methoxy groups -OCH3 is 2. The van der Waals surface area contributed by atoms with Gasteiger partial charge < -0.3 is 19.5 Å². The third-order valence-corrected chi connectivity index (χ3v) is 7.26. The van der Waals surface area contributed by atoms with E-state index in [0.717, 1.165) is 15.6 Å². The summed E-state index contributed by atoms with van der Waals surface area (Å²) < 4.78 is 44.6. The van der Waals surface area contributed by atoms with Crippen LogP contribution in [0.2, 0.25) is 0 Å². The molecule has 0 bridgehead atoms. The Bertz CT molecular complexity index is 1330. The molecule has 1 amide bonds. The van der Waals surface area contributed by atoms with Crippen molar-refractivity contribution in [2.24, 2.45) is 0 Å². The van der Waals surface area contributed by atoms with Crippen LogP contribution in [0.15, 0.2) is 51.8 Å². The summed E-state index contributed by atoms with van der Waals surface area (Å²) in [7, 11) is -1.22. The SMILES string of the molecule is COc1cc(NS(=O)(=O)c2ccc(NC(=O)COc3cc(C)c(Br)cc3C(C)C)cc2)nc(OC)n1. The lowest BCUT2D eigenvalue weighted by molar-refractivity contribution is -0.118. The number of aromatic nitrogens is 2. The van der Waals surface area contributed by atoms with Crippen LogP contribution in [0.5, 0.6) is 17.6 Å². The molecule has 0 unspecified atom stereocenters. The van der Waals surface area contributed by atoms with Crippen molar-refractivity contribution in [1.82, 2.24) is 9.97 Å². The van der Waals surface area contributed by atoms with Crippen molar-refractivity contribution in [3.05, 3.63) is 58.1 Å². The maximum absolute atomic E-state index is 12.8. The van der Waals surface area contributed by atoms with Crippen LogP contribution in [0, 0.1) is 6.92 Å². The van der Waals surface area contributed by atoms with Gasteiger partial charge in [-0.05, 0) is 60.4 Å². The van der Waals surface area contributed by atoms with Gasteiger partial charge in [0.25, 0.3) is 15.9 Å². The van der Waals surface area contributed by atoms with Crippen molar-refractivity contribution in [3.63, 3.8) is 0 Å². The number of halogens is 1. The molecule has 12 heteroatoms. The summed E-state index contributed by atoms with van der Waals surface area (Å²) in [5.41, 5.74) is 2.41. The van der Waals surface area contributed by atoms with Crippen molar-refractivity contribution in [1.29, 1.82) is 0 Å². The topological polar surface area (TPSA) is 129 Å². The second kappa shape index (κ2) is 11.6. The minimum absolute atomic E-state index is 0.0165. The van der Waals surface area contributed by atoms with Gasteiger partial charge in [-0.2, -0.15) is 9.97 Å². The van der Waals surface area contributed by atoms with E-state index in [1.54, 1.807) is 0 Å². The fourth-order valence-electron chi connectivity index (χ4n) is 3.15. The average Bonchev–Trinajstić information content (AvgIpc) is 2.84. The standard InChI is InChI=1S/C24H27BrN4O6S/c1-14(2)18-11-19(25)15(3)10-20(18)35-13-22(30)26-16-6-8-17(9-7-16)36(31,32)29-21-12-23(33-4)28-24(27-21)34-5/h6-12,14H,13H2,1-5H3,(H,26,30)(H,27,28,29). The Hall–Kier alpha value is -3.38. The van der Waals surface area contributed by atoms with Crippen LogP contribution in [0.25, 0.3) is 0 Å².